The Morgan fingerprint density at radius 1 is 0.429 bits per heavy atom. The molecule has 0 aromatic carbocycles. The molecule has 0 radical (unpaired) electrons. The van der Waals surface area contributed by atoms with E-state index in [1.165, 1.54) is 25.7 Å². The van der Waals surface area contributed by atoms with Gasteiger partial charge >= 0.3 is 0 Å². The number of carboxylic acids is 1. The second-order valence-electron chi connectivity index (χ2n) is 15.2. The number of amides is 1. The van der Waals surface area contributed by atoms with Gasteiger partial charge in [-0.3, -0.25) is 4.79 Å². The Morgan fingerprint density at radius 3 is 0.952 bits per heavy atom. The van der Waals surface area contributed by atoms with E-state index in [0.717, 1.165) is 109 Å². The number of rotatable bonds is 37. The molecule has 0 aliphatic carbocycles. The number of aliphatic carboxylic acids is 1. The topological polar surface area (TPSA) is 152 Å². The van der Waals surface area contributed by atoms with Crippen LogP contribution in [0.1, 0.15) is 169 Å². The predicted molar refractivity (Wildman–Crippen MR) is 273 cm³/mol. The van der Waals surface area contributed by atoms with Gasteiger partial charge < -0.3 is 32.4 Å². The molecule has 0 aromatic rings. The van der Waals surface area contributed by atoms with E-state index in [2.05, 4.69) is 196 Å². The van der Waals surface area contributed by atoms with Gasteiger partial charge in [0.2, 0.25) is 0 Å². The lowest BCUT2D eigenvalue weighted by atomic mass is 10.1. The largest absolute Gasteiger partial charge is 0.548 e. The van der Waals surface area contributed by atoms with Gasteiger partial charge in [0.15, 0.2) is 6.04 Å². The molecule has 1 amide bonds. The van der Waals surface area contributed by atoms with E-state index in [9.17, 15) is 14.7 Å². The van der Waals surface area contributed by atoms with Gasteiger partial charge in [-0.05, 0) is 122 Å². The van der Waals surface area contributed by atoms with E-state index in [4.69, 9.17) is 0 Å². The highest BCUT2D eigenvalue weighted by molar-refractivity contribution is 5.85. The summed E-state index contributed by atoms with van der Waals surface area (Å²) in [7, 11) is 0. The van der Waals surface area contributed by atoms with Crippen LogP contribution in [0.15, 0.2) is 146 Å². The number of quaternary nitrogens is 3. The van der Waals surface area contributed by atoms with E-state index in [0.29, 0.717) is 19.3 Å². The van der Waals surface area contributed by atoms with Gasteiger partial charge in [0.1, 0.15) is 0 Å². The van der Waals surface area contributed by atoms with Gasteiger partial charge in [0, 0.05) is 6.42 Å². The van der Waals surface area contributed by atoms with Crippen LogP contribution in [0, 0.1) is 0 Å². The SMILES string of the molecule is CC/C=C\C/C=C\C/C=C\C/C=C\C/C=C\C/C=C\CCC.CC/C=C\C/C=C\C/C=C\C/C=C\C/C=C\C/C=C\CCC.[NH3+]CCCC[C@H](NC(=O)[C@@H]([NH3+])CCCC[NH3+])C(=O)[O-]. The van der Waals surface area contributed by atoms with Gasteiger partial charge in [0.25, 0.3) is 5.91 Å². The summed E-state index contributed by atoms with van der Waals surface area (Å²) in [5.41, 5.74) is 11.2. The Labute approximate surface area is 387 Å². The highest BCUT2D eigenvalue weighted by atomic mass is 16.4. The zero-order valence-corrected chi connectivity index (χ0v) is 40.8. The first-order valence-corrected chi connectivity index (χ1v) is 24.6. The van der Waals surface area contributed by atoms with Crippen LogP contribution in [0.2, 0.25) is 0 Å². The van der Waals surface area contributed by atoms with Crippen LogP contribution >= 0.6 is 0 Å². The summed E-state index contributed by atoms with van der Waals surface area (Å²) in [6, 6.07) is -1.34. The van der Waals surface area contributed by atoms with Crippen LogP contribution in [-0.4, -0.2) is 37.0 Å². The fourth-order valence-electron chi connectivity index (χ4n) is 5.37. The maximum absolute atomic E-state index is 11.8. The molecule has 0 saturated heterocycles. The van der Waals surface area contributed by atoms with E-state index >= 15 is 0 Å². The fourth-order valence-corrected chi connectivity index (χ4v) is 5.37. The third-order valence-corrected chi connectivity index (χ3v) is 9.12. The minimum atomic E-state index is -1.23. The number of unbranched alkanes of at least 4 members (excludes halogenated alkanes) is 4. The van der Waals surface area contributed by atoms with E-state index < -0.39 is 18.1 Å². The summed E-state index contributed by atoms with van der Waals surface area (Å²) in [6.07, 6.45) is 75.7. The molecular weight excluding hydrogens is 777 g/mol. The third kappa shape index (κ3) is 57.7. The van der Waals surface area contributed by atoms with Crippen molar-refractivity contribution >= 4 is 11.9 Å². The molecule has 0 aromatic heterocycles. The minimum Gasteiger partial charge on any atom is -0.548 e. The molecule has 0 aliphatic heterocycles. The third-order valence-electron chi connectivity index (χ3n) is 9.12. The van der Waals surface area contributed by atoms with Crippen molar-refractivity contribution in [2.45, 2.75) is 181 Å². The average Bonchev–Trinajstić information content (AvgIpc) is 3.28. The molecule has 0 unspecified atom stereocenters. The molecule has 0 saturated carbocycles. The first kappa shape index (κ1) is 63.0. The highest BCUT2D eigenvalue weighted by Crippen LogP contribution is 2.03. The van der Waals surface area contributed by atoms with Crippen molar-refractivity contribution in [3.63, 3.8) is 0 Å². The number of hydrogen-bond donors (Lipinski definition) is 4. The lowest BCUT2D eigenvalue weighted by molar-refractivity contribution is -0.406. The van der Waals surface area contributed by atoms with Crippen molar-refractivity contribution in [3.05, 3.63) is 146 Å². The zero-order valence-electron chi connectivity index (χ0n) is 40.8. The first-order chi connectivity index (χ1) is 30.9. The molecular formula is C56H96N4O3+2. The molecule has 0 rings (SSSR count). The van der Waals surface area contributed by atoms with Gasteiger partial charge in [-0.25, -0.2) is 0 Å². The summed E-state index contributed by atoms with van der Waals surface area (Å²) in [5, 5.41) is 13.4. The number of carboxylic acid groups (broad SMARTS) is 1. The number of hydrogen-bond acceptors (Lipinski definition) is 3. The van der Waals surface area contributed by atoms with Crippen LogP contribution in [0.25, 0.3) is 0 Å². The monoisotopic (exact) mass is 873 g/mol. The molecule has 7 heteroatoms. The summed E-state index contributed by atoms with van der Waals surface area (Å²) < 4.78 is 0. The standard InChI is InChI=1S/2C22H34.C12H26N4O3/c2*1-3-5-7-9-11-13-15-17-19-21-22-20-18-16-14-12-10-8-6-4-2;13-7-3-1-5-9(15)11(17)16-10(12(18)19)6-2-4-8-14/h2*5,7-8,10-11,13-14,16-17,19-20,22H,3-4,6,9,12,15,18,21H2,1-2H3;9-10H,1-8,13-15H2,(H,16,17)(H,18,19)/p+2/b2*7-5-,10-8-,13-11-,16-14-,19-17-,22-20-;/t;;9-,10-/m..0/s1. The lowest BCUT2D eigenvalue weighted by Crippen LogP contribution is -2.69. The Kier molecular flexibility index (Phi) is 57.7. The highest BCUT2D eigenvalue weighted by Gasteiger charge is 2.21. The maximum Gasteiger partial charge on any atom is 0.278 e. The predicted octanol–water partition coefficient (Wildman–Crippen LogP) is 10.6. The molecule has 63 heavy (non-hydrogen) atoms. The van der Waals surface area contributed by atoms with E-state index in [1.54, 1.807) is 0 Å². The van der Waals surface area contributed by atoms with Gasteiger partial charge in [-0.1, -0.05) is 186 Å². The van der Waals surface area contributed by atoms with E-state index in [-0.39, 0.29) is 5.91 Å². The molecule has 356 valence electrons. The van der Waals surface area contributed by atoms with Crippen LogP contribution in [-0.2, 0) is 9.59 Å². The second kappa shape index (κ2) is 57.7. The number of carbonyl (C=O) groups excluding carboxylic acids is 2. The summed E-state index contributed by atoms with van der Waals surface area (Å²) in [4.78, 5) is 22.7. The number of carbonyl (C=O) groups is 2. The van der Waals surface area contributed by atoms with Gasteiger partial charge in [0.05, 0.1) is 25.1 Å². The quantitative estimate of drug-likeness (QED) is 0.0363. The molecule has 2 atom stereocenters. The molecule has 0 spiro atoms. The van der Waals surface area contributed by atoms with Crippen LogP contribution in [0.4, 0.5) is 0 Å². The van der Waals surface area contributed by atoms with Crippen molar-refractivity contribution in [2.75, 3.05) is 13.1 Å². The summed E-state index contributed by atoms with van der Waals surface area (Å²) >= 11 is 0. The van der Waals surface area contributed by atoms with Crippen molar-refractivity contribution in [1.82, 2.24) is 5.32 Å². The second-order valence-corrected chi connectivity index (χ2v) is 15.2. The lowest BCUT2D eigenvalue weighted by Gasteiger charge is -2.20. The Hall–Kier alpha value is -4.30. The average molecular weight is 873 g/mol. The van der Waals surface area contributed by atoms with Gasteiger partial charge in [-0.2, -0.15) is 0 Å². The normalized spacial score (nSPS) is 13.5. The van der Waals surface area contributed by atoms with Crippen LogP contribution in [0.5, 0.6) is 0 Å². The van der Waals surface area contributed by atoms with Crippen molar-refractivity contribution < 1.29 is 31.9 Å². The van der Waals surface area contributed by atoms with Crippen LogP contribution in [0.3, 0.4) is 0 Å². The van der Waals surface area contributed by atoms with Crippen LogP contribution < -0.4 is 27.6 Å². The Bertz CT molecular complexity index is 1280. The van der Waals surface area contributed by atoms with Crippen molar-refractivity contribution in [2.24, 2.45) is 0 Å². The molecule has 0 aliphatic rings. The fraction of sp³-hybridized carbons (Fsp3) is 0.536. The van der Waals surface area contributed by atoms with E-state index in [1.807, 2.05) is 0 Å². The molecule has 0 bridgehead atoms. The summed E-state index contributed by atoms with van der Waals surface area (Å²) in [6.45, 7) is 10.3. The number of nitrogens with one attached hydrogen (secondary N) is 1. The summed E-state index contributed by atoms with van der Waals surface area (Å²) in [5.74, 6) is -1.55. The van der Waals surface area contributed by atoms with Crippen molar-refractivity contribution in [3.8, 4) is 0 Å². The number of allylic oxidation sites excluding steroid dienone is 24. The molecule has 0 heterocycles. The first-order valence-electron chi connectivity index (χ1n) is 24.6. The minimum absolute atomic E-state index is 0.312. The smallest absolute Gasteiger partial charge is 0.278 e. The Balaban J connectivity index is -0.000000860. The van der Waals surface area contributed by atoms with Gasteiger partial charge in [-0.15, -0.1) is 0 Å². The molecule has 7 nitrogen and oxygen atoms in total. The molecule has 10 N–H and O–H groups in total. The molecule has 0 fully saturated rings. The maximum atomic E-state index is 11.8. The Morgan fingerprint density at radius 2 is 0.698 bits per heavy atom. The zero-order chi connectivity index (χ0) is 47.0. The van der Waals surface area contributed by atoms with Crippen molar-refractivity contribution in [1.29, 1.82) is 0 Å².